The van der Waals surface area contributed by atoms with Gasteiger partial charge in [-0.1, -0.05) is 13.8 Å². The van der Waals surface area contributed by atoms with Crippen LogP contribution >= 0.6 is 0 Å². The third-order valence-electron chi connectivity index (χ3n) is 1.29. The predicted octanol–water partition coefficient (Wildman–Crippen LogP) is 0.161. The zero-order chi connectivity index (χ0) is 7.98. The van der Waals surface area contributed by atoms with Gasteiger partial charge in [-0.15, -0.1) is 0 Å². The van der Waals surface area contributed by atoms with E-state index >= 15 is 0 Å². The average molecular weight is 357 g/mol. The van der Waals surface area contributed by atoms with E-state index in [-0.39, 0.29) is 28.5 Å². The molecule has 78 valence electrons. The number of hydrogen-bond acceptors (Lipinski definition) is 3. The number of nitrogens with two attached hydrogens (primary N) is 2. The van der Waals surface area contributed by atoms with Crippen molar-refractivity contribution in [2.24, 2.45) is 11.5 Å². The Morgan fingerprint density at radius 3 is 2.25 bits per heavy atom. The van der Waals surface area contributed by atoms with E-state index in [0.717, 1.165) is 12.8 Å². The molecule has 0 aliphatic heterocycles. The molecular formula is C7H18N2O2Pt. The van der Waals surface area contributed by atoms with Crippen LogP contribution in [0.4, 0.5) is 0 Å². The van der Waals surface area contributed by atoms with Gasteiger partial charge in [0, 0.05) is 21.1 Å². The second-order valence-corrected chi connectivity index (χ2v) is 2.23. The van der Waals surface area contributed by atoms with E-state index in [0.29, 0.717) is 13.0 Å². The number of carbonyl (C=O) groups is 1. The Balaban J connectivity index is -0.000000405. The van der Waals surface area contributed by atoms with Crippen LogP contribution in [0.5, 0.6) is 0 Å². The third kappa shape index (κ3) is 10.1. The molecule has 0 unspecified atom stereocenters. The summed E-state index contributed by atoms with van der Waals surface area (Å²) < 4.78 is 0. The van der Waals surface area contributed by atoms with E-state index in [4.69, 9.17) is 16.6 Å². The molecule has 0 saturated carbocycles. The number of unbranched alkanes of at least 4 members (excludes halogenated alkanes) is 1. The van der Waals surface area contributed by atoms with Gasteiger partial charge >= 0.3 is 5.97 Å². The number of aliphatic carboxylic acids is 1. The Morgan fingerprint density at radius 1 is 1.42 bits per heavy atom. The van der Waals surface area contributed by atoms with E-state index in [1.807, 2.05) is 0 Å². The second-order valence-electron chi connectivity index (χ2n) is 2.23. The van der Waals surface area contributed by atoms with Crippen LogP contribution in [-0.2, 0) is 25.9 Å². The summed E-state index contributed by atoms with van der Waals surface area (Å²) in [5.41, 5.74) is 10.4. The molecule has 4 nitrogen and oxygen atoms in total. The number of rotatable bonds is 5. The Morgan fingerprint density at radius 2 is 1.92 bits per heavy atom. The monoisotopic (exact) mass is 357 g/mol. The van der Waals surface area contributed by atoms with E-state index in [1.165, 1.54) is 0 Å². The summed E-state index contributed by atoms with van der Waals surface area (Å²) in [6.07, 6.45) is 2.16. The van der Waals surface area contributed by atoms with Crippen molar-refractivity contribution in [2.75, 3.05) is 6.54 Å². The quantitative estimate of drug-likeness (QED) is 0.612. The van der Waals surface area contributed by atoms with Crippen LogP contribution in [0.1, 0.15) is 26.7 Å². The van der Waals surface area contributed by atoms with Gasteiger partial charge in [0.2, 0.25) is 0 Å². The first kappa shape index (κ1) is 18.0. The Labute approximate surface area is 88.0 Å². The molecule has 0 rings (SSSR count). The molecule has 0 saturated heterocycles. The first-order valence-corrected chi connectivity index (χ1v) is 3.37. The van der Waals surface area contributed by atoms with Gasteiger partial charge in [0.25, 0.3) is 0 Å². The molecule has 0 aromatic heterocycles. The van der Waals surface area contributed by atoms with Gasteiger partial charge in [-0.25, -0.2) is 0 Å². The zero-order valence-corrected chi connectivity index (χ0v) is 8.50. The van der Waals surface area contributed by atoms with Crippen molar-refractivity contribution in [3.8, 4) is 0 Å². The zero-order valence-electron chi connectivity index (χ0n) is 6.23. The van der Waals surface area contributed by atoms with Crippen molar-refractivity contribution in [3.63, 3.8) is 0 Å². The summed E-state index contributed by atoms with van der Waals surface area (Å²) in [6.45, 7) is 0.604. The van der Waals surface area contributed by atoms with Crippen LogP contribution in [0.15, 0.2) is 0 Å². The molecule has 12 heavy (non-hydrogen) atoms. The van der Waals surface area contributed by atoms with E-state index in [9.17, 15) is 4.79 Å². The van der Waals surface area contributed by atoms with Gasteiger partial charge in [-0.2, -0.15) is 0 Å². The summed E-state index contributed by atoms with van der Waals surface area (Å²) in [6, 6.07) is -0.716. The number of carboxylic acids is 1. The summed E-state index contributed by atoms with van der Waals surface area (Å²) in [4.78, 5) is 10.1. The van der Waals surface area contributed by atoms with Crippen LogP contribution in [-0.4, -0.2) is 23.7 Å². The molecule has 5 N–H and O–H groups in total. The fourth-order valence-corrected chi connectivity index (χ4v) is 0.632. The van der Waals surface area contributed by atoms with Crippen LogP contribution in [0.2, 0.25) is 0 Å². The van der Waals surface area contributed by atoms with Crippen molar-refractivity contribution >= 4 is 5.97 Å². The van der Waals surface area contributed by atoms with Crippen molar-refractivity contribution in [1.29, 1.82) is 0 Å². The normalized spacial score (nSPS) is 10.8. The van der Waals surface area contributed by atoms with Gasteiger partial charge in [0.05, 0.1) is 0 Å². The van der Waals surface area contributed by atoms with Gasteiger partial charge in [-0.05, 0) is 19.4 Å². The van der Waals surface area contributed by atoms with Gasteiger partial charge in [0.1, 0.15) is 6.04 Å². The molecule has 0 fully saturated rings. The summed E-state index contributed by atoms with van der Waals surface area (Å²) in [7, 11) is 0. The first-order valence-electron chi connectivity index (χ1n) is 3.37. The number of hydrogen-bond donors (Lipinski definition) is 3. The Bertz CT molecular complexity index is 112. The molecule has 0 aliphatic carbocycles. The second kappa shape index (κ2) is 11.1. The molecule has 0 radical (unpaired) electrons. The van der Waals surface area contributed by atoms with Crippen molar-refractivity contribution < 1.29 is 31.0 Å². The van der Waals surface area contributed by atoms with Gasteiger partial charge in [-0.3, -0.25) is 4.79 Å². The third-order valence-corrected chi connectivity index (χ3v) is 1.29. The van der Waals surface area contributed by atoms with Crippen molar-refractivity contribution in [3.05, 3.63) is 0 Å². The standard InChI is InChI=1S/C6H14N2O2.CH4.Pt/c7-4-2-1-3-5(8)6(9)10;;/h5H,1-4,7-8H2,(H,9,10);1H4;/t5-;;/m0../s1. The van der Waals surface area contributed by atoms with Gasteiger partial charge < -0.3 is 16.6 Å². The molecule has 0 bridgehead atoms. The van der Waals surface area contributed by atoms with Crippen LogP contribution in [0.25, 0.3) is 0 Å². The van der Waals surface area contributed by atoms with Crippen LogP contribution < -0.4 is 11.5 Å². The van der Waals surface area contributed by atoms with E-state index < -0.39 is 12.0 Å². The van der Waals surface area contributed by atoms with E-state index in [1.54, 1.807) is 0 Å². The van der Waals surface area contributed by atoms with Crippen LogP contribution in [0.3, 0.4) is 0 Å². The molecule has 1 atom stereocenters. The molecule has 0 aromatic rings. The number of carboxylic acid groups (broad SMARTS) is 1. The van der Waals surface area contributed by atoms with E-state index in [2.05, 4.69) is 0 Å². The Hall–Kier alpha value is 0.0783. The molecule has 0 spiro atoms. The van der Waals surface area contributed by atoms with Crippen molar-refractivity contribution in [1.82, 2.24) is 0 Å². The average Bonchev–Trinajstić information content (AvgIpc) is 1.88. The molecule has 0 aliphatic rings. The fraction of sp³-hybridized carbons (Fsp3) is 0.857. The van der Waals surface area contributed by atoms with Crippen LogP contribution in [0, 0.1) is 0 Å². The smallest absolute Gasteiger partial charge is 0.320 e. The summed E-state index contributed by atoms with van der Waals surface area (Å²) in [5, 5.41) is 8.33. The SMILES string of the molecule is C.NCCCC[C@H](N)C(=O)O.[Pt]. The van der Waals surface area contributed by atoms with Crippen molar-refractivity contribution in [2.45, 2.75) is 32.7 Å². The maximum atomic E-state index is 10.1. The summed E-state index contributed by atoms with van der Waals surface area (Å²) in [5.74, 6) is -0.933. The molecular weight excluding hydrogens is 339 g/mol. The predicted molar refractivity (Wildman–Crippen MR) is 45.2 cm³/mol. The molecule has 0 amide bonds. The molecule has 0 heterocycles. The molecule has 0 aromatic carbocycles. The fourth-order valence-electron chi connectivity index (χ4n) is 0.632. The topological polar surface area (TPSA) is 89.3 Å². The summed E-state index contributed by atoms with van der Waals surface area (Å²) >= 11 is 0. The maximum Gasteiger partial charge on any atom is 0.320 e. The maximum absolute atomic E-state index is 10.1. The van der Waals surface area contributed by atoms with Gasteiger partial charge in [0.15, 0.2) is 0 Å². The molecule has 5 heteroatoms. The Kier molecular flexibility index (Phi) is 16.6. The largest absolute Gasteiger partial charge is 0.480 e. The minimum atomic E-state index is -0.933. The first-order chi connectivity index (χ1) is 4.68. The minimum absolute atomic E-state index is 0. The minimum Gasteiger partial charge on any atom is -0.480 e.